The minimum absolute atomic E-state index is 0.0184. The average molecular weight is 429 g/mol. The van der Waals surface area contributed by atoms with E-state index in [2.05, 4.69) is 5.32 Å². The Labute approximate surface area is 186 Å². The summed E-state index contributed by atoms with van der Waals surface area (Å²) in [6.07, 6.45) is 1.61. The van der Waals surface area contributed by atoms with Gasteiger partial charge in [-0.1, -0.05) is 0 Å². The number of anilines is 1. The predicted octanol–water partition coefficient (Wildman–Crippen LogP) is 4.77. The molecule has 1 aromatic heterocycles. The number of hydrogen-bond donors (Lipinski definition) is 1. The number of hydrogen-bond acceptors (Lipinski definition) is 5. The number of nitriles is 1. The van der Waals surface area contributed by atoms with Crippen molar-refractivity contribution in [3.05, 3.63) is 71.1 Å². The molecule has 0 fully saturated rings. The molecule has 0 saturated heterocycles. The number of benzene rings is 2. The van der Waals surface area contributed by atoms with E-state index in [1.807, 2.05) is 55.7 Å². The first-order valence-corrected chi connectivity index (χ1v) is 10.2. The molecule has 0 aliphatic carbocycles. The van der Waals surface area contributed by atoms with E-state index >= 15 is 0 Å². The molecule has 7 nitrogen and oxygen atoms in total. The van der Waals surface area contributed by atoms with Gasteiger partial charge in [-0.3, -0.25) is 4.79 Å². The van der Waals surface area contributed by atoms with Gasteiger partial charge in [-0.05, 0) is 74.9 Å². The predicted molar refractivity (Wildman–Crippen MR) is 121 cm³/mol. The maximum atomic E-state index is 12.7. The topological polar surface area (TPSA) is 85.5 Å². The number of carbonyl (C=O) groups is 1. The van der Waals surface area contributed by atoms with E-state index in [9.17, 15) is 10.1 Å². The Kier molecular flexibility index (Phi) is 5.86. The highest BCUT2D eigenvalue weighted by Crippen LogP contribution is 2.35. The van der Waals surface area contributed by atoms with Crippen LogP contribution in [0.25, 0.3) is 11.8 Å². The Morgan fingerprint density at radius 3 is 2.62 bits per heavy atom. The molecule has 3 aromatic rings. The summed E-state index contributed by atoms with van der Waals surface area (Å²) < 4.78 is 18.3. The summed E-state index contributed by atoms with van der Waals surface area (Å²) in [5.41, 5.74) is 4.19. The van der Waals surface area contributed by atoms with Crippen molar-refractivity contribution in [2.45, 2.75) is 20.8 Å². The number of nitrogens with zero attached hydrogens (tertiary/aromatic N) is 2. The van der Waals surface area contributed by atoms with Gasteiger partial charge in [-0.2, -0.15) is 5.26 Å². The Morgan fingerprint density at radius 1 is 1.16 bits per heavy atom. The highest BCUT2D eigenvalue weighted by atomic mass is 16.7. The number of rotatable bonds is 6. The molecule has 0 radical (unpaired) electrons. The second-order valence-corrected chi connectivity index (χ2v) is 7.28. The first-order chi connectivity index (χ1) is 15.5. The molecule has 162 valence electrons. The Bertz CT molecular complexity index is 1230. The quantitative estimate of drug-likeness (QED) is 0.451. The number of nitrogens with one attached hydrogen (secondary N) is 1. The Morgan fingerprint density at radius 2 is 1.91 bits per heavy atom. The third-order valence-electron chi connectivity index (χ3n) is 5.17. The van der Waals surface area contributed by atoms with E-state index in [-0.39, 0.29) is 12.4 Å². The maximum absolute atomic E-state index is 12.7. The van der Waals surface area contributed by atoms with Crippen LogP contribution < -0.4 is 19.5 Å². The molecule has 0 spiro atoms. The van der Waals surface area contributed by atoms with E-state index in [1.165, 1.54) is 0 Å². The largest absolute Gasteiger partial charge is 0.494 e. The molecule has 0 bridgehead atoms. The zero-order valence-corrected chi connectivity index (χ0v) is 18.1. The van der Waals surface area contributed by atoms with Crippen LogP contribution in [0.3, 0.4) is 0 Å². The summed E-state index contributed by atoms with van der Waals surface area (Å²) >= 11 is 0. The standard InChI is InChI=1S/C25H23N3O4/c1-4-30-22-8-5-20(6-9-22)27-25(29)19(14-26)12-18-11-16(2)28(17(18)3)21-7-10-23-24(13-21)32-15-31-23/h5-13H,4,15H2,1-3H3,(H,27,29). The summed E-state index contributed by atoms with van der Waals surface area (Å²) in [5.74, 6) is 1.66. The third-order valence-corrected chi connectivity index (χ3v) is 5.17. The number of ether oxygens (including phenoxy) is 3. The van der Waals surface area contributed by atoms with Gasteiger partial charge in [-0.25, -0.2) is 0 Å². The number of aryl methyl sites for hydroxylation is 1. The zero-order valence-electron chi connectivity index (χ0n) is 18.1. The van der Waals surface area contributed by atoms with E-state index in [4.69, 9.17) is 14.2 Å². The molecule has 0 unspecified atom stereocenters. The Hall–Kier alpha value is -4.18. The molecule has 0 saturated carbocycles. The van der Waals surface area contributed by atoms with Gasteiger partial charge >= 0.3 is 0 Å². The van der Waals surface area contributed by atoms with Crippen molar-refractivity contribution in [1.82, 2.24) is 4.57 Å². The average Bonchev–Trinajstić information content (AvgIpc) is 3.36. The Balaban J connectivity index is 1.58. The van der Waals surface area contributed by atoms with Crippen molar-refractivity contribution in [2.75, 3.05) is 18.7 Å². The molecule has 4 rings (SSSR count). The van der Waals surface area contributed by atoms with Crippen LogP contribution in [0.5, 0.6) is 17.2 Å². The third kappa shape index (κ3) is 4.16. The highest BCUT2D eigenvalue weighted by molar-refractivity contribution is 6.09. The van der Waals surface area contributed by atoms with E-state index in [0.717, 1.165) is 28.4 Å². The van der Waals surface area contributed by atoms with Crippen LogP contribution in [0.15, 0.2) is 54.1 Å². The first kappa shape index (κ1) is 21.1. The fourth-order valence-corrected chi connectivity index (χ4v) is 3.66. The molecule has 1 aliphatic heterocycles. The summed E-state index contributed by atoms with van der Waals surface area (Å²) in [5, 5.41) is 12.4. The van der Waals surface area contributed by atoms with E-state index in [0.29, 0.717) is 23.8 Å². The van der Waals surface area contributed by atoms with Crippen molar-refractivity contribution in [3.63, 3.8) is 0 Å². The monoisotopic (exact) mass is 429 g/mol. The van der Waals surface area contributed by atoms with Gasteiger partial charge in [0.15, 0.2) is 11.5 Å². The van der Waals surface area contributed by atoms with Gasteiger partial charge in [0.2, 0.25) is 6.79 Å². The summed E-state index contributed by atoms with van der Waals surface area (Å²) in [6.45, 7) is 6.61. The van der Waals surface area contributed by atoms with Crippen molar-refractivity contribution in [1.29, 1.82) is 5.26 Å². The van der Waals surface area contributed by atoms with Crippen LogP contribution in [-0.4, -0.2) is 23.9 Å². The van der Waals surface area contributed by atoms with Gasteiger partial charge in [0, 0.05) is 28.8 Å². The fraction of sp³-hybridized carbons (Fsp3) is 0.200. The second-order valence-electron chi connectivity index (χ2n) is 7.28. The SMILES string of the molecule is CCOc1ccc(NC(=O)C(C#N)=Cc2cc(C)n(-c3ccc4c(c3)OCO4)c2C)cc1. The van der Waals surface area contributed by atoms with Gasteiger partial charge < -0.3 is 24.1 Å². The van der Waals surface area contributed by atoms with Crippen LogP contribution >= 0.6 is 0 Å². The minimum Gasteiger partial charge on any atom is -0.494 e. The van der Waals surface area contributed by atoms with Crippen LogP contribution in [0.4, 0.5) is 5.69 Å². The molecule has 1 amide bonds. The lowest BCUT2D eigenvalue weighted by molar-refractivity contribution is -0.112. The van der Waals surface area contributed by atoms with Crippen molar-refractivity contribution < 1.29 is 19.0 Å². The lowest BCUT2D eigenvalue weighted by atomic mass is 10.1. The van der Waals surface area contributed by atoms with Crippen molar-refractivity contribution in [3.8, 4) is 29.0 Å². The summed E-state index contributed by atoms with van der Waals surface area (Å²) in [6, 6.07) is 16.7. The van der Waals surface area contributed by atoms with Crippen molar-refractivity contribution >= 4 is 17.7 Å². The smallest absolute Gasteiger partial charge is 0.266 e. The van der Waals surface area contributed by atoms with Gasteiger partial charge in [-0.15, -0.1) is 0 Å². The highest BCUT2D eigenvalue weighted by Gasteiger charge is 2.17. The molecule has 0 atom stereocenters. The number of amides is 1. The summed E-state index contributed by atoms with van der Waals surface area (Å²) in [7, 11) is 0. The maximum Gasteiger partial charge on any atom is 0.266 e. The van der Waals surface area contributed by atoms with Crippen molar-refractivity contribution in [2.24, 2.45) is 0 Å². The van der Waals surface area contributed by atoms with Crippen LogP contribution in [0, 0.1) is 25.2 Å². The lowest BCUT2D eigenvalue weighted by Crippen LogP contribution is -2.13. The number of aromatic nitrogens is 1. The lowest BCUT2D eigenvalue weighted by Gasteiger charge is -2.10. The molecule has 1 N–H and O–H groups in total. The first-order valence-electron chi connectivity index (χ1n) is 10.2. The molecular formula is C25H23N3O4. The molecule has 2 heterocycles. The van der Waals surface area contributed by atoms with E-state index < -0.39 is 5.91 Å². The summed E-state index contributed by atoms with van der Waals surface area (Å²) in [4.78, 5) is 12.7. The fourth-order valence-electron chi connectivity index (χ4n) is 3.66. The second kappa shape index (κ2) is 8.90. The van der Waals surface area contributed by atoms with Gasteiger partial charge in [0.05, 0.1) is 6.61 Å². The molecular weight excluding hydrogens is 406 g/mol. The molecule has 32 heavy (non-hydrogen) atoms. The normalized spacial score (nSPS) is 12.4. The van der Waals surface area contributed by atoms with Crippen LogP contribution in [-0.2, 0) is 4.79 Å². The molecule has 1 aliphatic rings. The van der Waals surface area contributed by atoms with Gasteiger partial charge in [0.1, 0.15) is 17.4 Å². The molecule has 7 heteroatoms. The number of fused-ring (bicyclic) bond motifs is 1. The van der Waals surface area contributed by atoms with Gasteiger partial charge in [0.25, 0.3) is 5.91 Å². The minimum atomic E-state index is -0.468. The zero-order chi connectivity index (χ0) is 22.7. The van der Waals surface area contributed by atoms with E-state index in [1.54, 1.807) is 30.3 Å². The molecule has 2 aromatic carbocycles. The van der Waals surface area contributed by atoms with Crippen LogP contribution in [0.2, 0.25) is 0 Å². The van der Waals surface area contributed by atoms with Crippen LogP contribution in [0.1, 0.15) is 23.9 Å². The number of carbonyl (C=O) groups excluding carboxylic acids is 1.